The van der Waals surface area contributed by atoms with Crippen molar-refractivity contribution >= 4 is 28.5 Å². The maximum atomic E-state index is 13.3. The number of carbonyl (C=O) groups excluding carboxylic acids is 2. The summed E-state index contributed by atoms with van der Waals surface area (Å²) in [6.45, 7) is 3.82. The van der Waals surface area contributed by atoms with Gasteiger partial charge in [0.1, 0.15) is 0 Å². The molecule has 4 fully saturated rings. The molecule has 29 heavy (non-hydrogen) atoms. The van der Waals surface area contributed by atoms with Gasteiger partial charge in [0.2, 0.25) is 0 Å². The first-order chi connectivity index (χ1) is 14.2. The molecule has 1 saturated carbocycles. The van der Waals surface area contributed by atoms with Crippen LogP contribution < -0.4 is 10.6 Å². The van der Waals surface area contributed by atoms with E-state index in [-0.39, 0.29) is 18.0 Å². The third kappa shape index (κ3) is 3.69. The lowest BCUT2D eigenvalue weighted by atomic mass is 10.0. The van der Waals surface area contributed by atoms with Crippen LogP contribution in [0.4, 0.5) is 10.5 Å². The second-order valence-electron chi connectivity index (χ2n) is 8.48. The minimum Gasteiger partial charge on any atom is -0.335 e. The topological polar surface area (TPSA) is 93.4 Å². The molecule has 3 aliphatic heterocycles. The van der Waals surface area contributed by atoms with Crippen molar-refractivity contribution in [1.29, 1.82) is 0 Å². The van der Waals surface area contributed by atoms with Crippen molar-refractivity contribution in [3.8, 4) is 0 Å². The Morgan fingerprint density at radius 3 is 2.62 bits per heavy atom. The Balaban J connectivity index is 1.35. The first-order valence-electron chi connectivity index (χ1n) is 10.8. The number of anilines is 1. The zero-order chi connectivity index (χ0) is 19.8. The SMILES string of the molecule is O=C(Nc1ccc2[nH]nc(C(=O)N3CCN4CCC3CC4)c2c1)NC1CCCC1. The highest BCUT2D eigenvalue weighted by molar-refractivity contribution is 6.06. The molecule has 154 valence electrons. The molecule has 1 aromatic heterocycles. The minimum atomic E-state index is -0.189. The second-order valence-corrected chi connectivity index (χ2v) is 8.48. The molecule has 0 radical (unpaired) electrons. The van der Waals surface area contributed by atoms with Crippen molar-refractivity contribution in [2.24, 2.45) is 0 Å². The Kier molecular flexibility index (Phi) is 4.87. The molecule has 6 rings (SSSR count). The summed E-state index contributed by atoms with van der Waals surface area (Å²) in [7, 11) is 0. The number of hydrogen-bond donors (Lipinski definition) is 3. The van der Waals surface area contributed by atoms with Gasteiger partial charge in [-0.1, -0.05) is 12.8 Å². The lowest BCUT2D eigenvalue weighted by Crippen LogP contribution is -2.41. The molecule has 1 aliphatic carbocycles. The maximum absolute atomic E-state index is 13.3. The standard InChI is InChI=1S/C21H28N6O2/c28-20(27-12-11-26-9-7-16(27)8-10-26)19-17-13-15(5-6-18(17)24-25-19)23-21(29)22-14-3-1-2-4-14/h5-6,13-14,16H,1-4,7-12H2,(H,24,25)(H2,22,23,29). The smallest absolute Gasteiger partial charge is 0.319 e. The predicted molar refractivity (Wildman–Crippen MR) is 111 cm³/mol. The largest absolute Gasteiger partial charge is 0.335 e. The van der Waals surface area contributed by atoms with Gasteiger partial charge < -0.3 is 20.4 Å². The van der Waals surface area contributed by atoms with E-state index in [2.05, 4.69) is 25.7 Å². The average Bonchev–Trinajstić information content (AvgIpc) is 3.28. The van der Waals surface area contributed by atoms with Crippen LogP contribution in [-0.4, -0.2) is 70.2 Å². The van der Waals surface area contributed by atoms with E-state index in [1.807, 2.05) is 23.1 Å². The van der Waals surface area contributed by atoms with Gasteiger partial charge in [0.05, 0.1) is 5.52 Å². The number of urea groups is 1. The minimum absolute atomic E-state index is 0.0162. The van der Waals surface area contributed by atoms with Gasteiger partial charge in [-0.15, -0.1) is 0 Å². The first kappa shape index (κ1) is 18.4. The molecule has 8 nitrogen and oxygen atoms in total. The van der Waals surface area contributed by atoms with Crippen LogP contribution in [0, 0.1) is 0 Å². The number of H-pyrrole nitrogens is 1. The molecule has 3 N–H and O–H groups in total. The van der Waals surface area contributed by atoms with Crippen LogP contribution >= 0.6 is 0 Å². The van der Waals surface area contributed by atoms with Crippen LogP contribution in [0.1, 0.15) is 49.0 Å². The number of aromatic nitrogens is 2. The average molecular weight is 396 g/mol. The number of benzene rings is 1. The number of fused-ring (bicyclic) bond motifs is 5. The molecule has 3 saturated heterocycles. The fourth-order valence-electron chi connectivity index (χ4n) is 4.97. The van der Waals surface area contributed by atoms with Crippen LogP contribution in [0.15, 0.2) is 18.2 Å². The highest BCUT2D eigenvalue weighted by Gasteiger charge is 2.33. The fraction of sp³-hybridized carbons (Fsp3) is 0.571. The van der Waals surface area contributed by atoms with Crippen molar-refractivity contribution in [3.63, 3.8) is 0 Å². The van der Waals surface area contributed by atoms with E-state index >= 15 is 0 Å². The van der Waals surface area contributed by atoms with Crippen molar-refractivity contribution in [3.05, 3.63) is 23.9 Å². The van der Waals surface area contributed by atoms with Gasteiger partial charge in [-0.2, -0.15) is 5.10 Å². The molecular formula is C21H28N6O2. The normalized spacial score (nSPS) is 24.6. The van der Waals surface area contributed by atoms with Gasteiger partial charge in [0.25, 0.3) is 5.91 Å². The number of aromatic amines is 1. The monoisotopic (exact) mass is 396 g/mol. The molecular weight excluding hydrogens is 368 g/mol. The molecule has 4 aliphatic rings. The summed E-state index contributed by atoms with van der Waals surface area (Å²) in [4.78, 5) is 30.0. The van der Waals surface area contributed by atoms with Gasteiger partial charge in [0, 0.05) is 49.3 Å². The Morgan fingerprint density at radius 1 is 1.03 bits per heavy atom. The van der Waals surface area contributed by atoms with Crippen LogP contribution in [0.5, 0.6) is 0 Å². The van der Waals surface area contributed by atoms with Crippen molar-refractivity contribution in [2.45, 2.75) is 50.6 Å². The van der Waals surface area contributed by atoms with Crippen molar-refractivity contribution < 1.29 is 9.59 Å². The number of nitrogens with one attached hydrogen (secondary N) is 3. The summed E-state index contributed by atoms with van der Waals surface area (Å²) >= 11 is 0. The molecule has 8 heteroatoms. The Morgan fingerprint density at radius 2 is 1.83 bits per heavy atom. The number of amides is 3. The van der Waals surface area contributed by atoms with Gasteiger partial charge in [-0.05, 0) is 43.9 Å². The van der Waals surface area contributed by atoms with E-state index in [0.29, 0.717) is 17.4 Å². The summed E-state index contributed by atoms with van der Waals surface area (Å²) in [6.07, 6.45) is 6.49. The number of piperidine rings is 1. The van der Waals surface area contributed by atoms with Crippen molar-refractivity contribution in [2.75, 3.05) is 31.5 Å². The van der Waals surface area contributed by atoms with Crippen LogP contribution in [-0.2, 0) is 0 Å². The summed E-state index contributed by atoms with van der Waals surface area (Å²) < 4.78 is 0. The quantitative estimate of drug-likeness (QED) is 0.743. The van der Waals surface area contributed by atoms with Gasteiger partial charge in [-0.3, -0.25) is 9.89 Å². The number of rotatable bonds is 3. The van der Waals surface area contributed by atoms with E-state index in [9.17, 15) is 9.59 Å². The molecule has 1 aromatic carbocycles. The van der Waals surface area contributed by atoms with Crippen LogP contribution in [0.25, 0.3) is 10.9 Å². The fourth-order valence-corrected chi connectivity index (χ4v) is 4.97. The lowest BCUT2D eigenvalue weighted by molar-refractivity contribution is 0.0681. The highest BCUT2D eigenvalue weighted by Crippen LogP contribution is 2.26. The van der Waals surface area contributed by atoms with E-state index in [4.69, 9.17) is 0 Å². The number of nitrogens with zero attached hydrogens (tertiary/aromatic N) is 3. The predicted octanol–water partition coefficient (Wildman–Crippen LogP) is 2.55. The van der Waals surface area contributed by atoms with Gasteiger partial charge in [0.15, 0.2) is 5.69 Å². The molecule has 2 aromatic rings. The Hall–Kier alpha value is -2.61. The summed E-state index contributed by atoms with van der Waals surface area (Å²) in [5, 5.41) is 14.0. The van der Waals surface area contributed by atoms with Crippen LogP contribution in [0.2, 0.25) is 0 Å². The van der Waals surface area contributed by atoms with E-state index in [1.54, 1.807) is 0 Å². The summed E-state index contributed by atoms with van der Waals surface area (Å²) in [5.74, 6) is -0.0162. The van der Waals surface area contributed by atoms with Crippen molar-refractivity contribution in [1.82, 2.24) is 25.3 Å². The van der Waals surface area contributed by atoms with E-state index in [0.717, 1.165) is 62.8 Å². The molecule has 2 bridgehead atoms. The molecule has 0 unspecified atom stereocenters. The molecule has 3 amide bonds. The zero-order valence-electron chi connectivity index (χ0n) is 16.6. The third-order valence-corrected chi connectivity index (χ3v) is 6.63. The van der Waals surface area contributed by atoms with Gasteiger partial charge in [-0.25, -0.2) is 4.79 Å². The van der Waals surface area contributed by atoms with E-state index < -0.39 is 0 Å². The Labute approximate surface area is 170 Å². The zero-order valence-corrected chi connectivity index (χ0v) is 16.6. The van der Waals surface area contributed by atoms with E-state index in [1.165, 1.54) is 12.8 Å². The van der Waals surface area contributed by atoms with Gasteiger partial charge >= 0.3 is 6.03 Å². The maximum Gasteiger partial charge on any atom is 0.319 e. The number of hydrogen-bond acceptors (Lipinski definition) is 4. The lowest BCUT2D eigenvalue weighted by Gasteiger charge is -2.31. The summed E-state index contributed by atoms with van der Waals surface area (Å²) in [6, 6.07) is 5.92. The Bertz CT molecular complexity index is 911. The first-order valence-corrected chi connectivity index (χ1v) is 10.8. The molecule has 0 spiro atoms. The highest BCUT2D eigenvalue weighted by atomic mass is 16.2. The summed E-state index contributed by atoms with van der Waals surface area (Å²) in [5.41, 5.74) is 1.92. The molecule has 0 atom stereocenters. The third-order valence-electron chi connectivity index (χ3n) is 6.63. The number of carbonyl (C=O) groups is 2. The second kappa shape index (κ2) is 7.67. The molecule has 4 heterocycles. The van der Waals surface area contributed by atoms with Crippen LogP contribution in [0.3, 0.4) is 0 Å².